The number of hydrogen-bond donors (Lipinski definition) is 2. The first kappa shape index (κ1) is 13.1. The van der Waals surface area contributed by atoms with Gasteiger partial charge in [-0.05, 0) is 18.2 Å². The van der Waals surface area contributed by atoms with Gasteiger partial charge in [-0.1, -0.05) is 6.07 Å². The van der Waals surface area contributed by atoms with Crippen LogP contribution in [0.15, 0.2) is 36.7 Å². The average Bonchev–Trinajstić information content (AvgIpc) is 2.38. The zero-order valence-corrected chi connectivity index (χ0v) is 9.48. The van der Waals surface area contributed by atoms with Crippen LogP contribution in [0.4, 0.5) is 19.0 Å². The summed E-state index contributed by atoms with van der Waals surface area (Å²) in [6.07, 6.45) is -1.81. The summed E-state index contributed by atoms with van der Waals surface area (Å²) in [4.78, 5) is 7.65. The summed E-state index contributed by atoms with van der Waals surface area (Å²) in [6.45, 7) is 0. The highest BCUT2D eigenvalue weighted by atomic mass is 19.4. The Morgan fingerprint density at radius 3 is 2.68 bits per heavy atom. The Morgan fingerprint density at radius 2 is 2.00 bits per heavy atom. The van der Waals surface area contributed by atoms with E-state index in [4.69, 9.17) is 10.6 Å². The molecule has 5 nitrogen and oxygen atoms in total. The number of nitrogens with one attached hydrogen (secondary N) is 1. The molecular formula is C11H9F3N4O. The van der Waals surface area contributed by atoms with Gasteiger partial charge in [0.1, 0.15) is 5.75 Å². The fourth-order valence-electron chi connectivity index (χ4n) is 1.32. The summed E-state index contributed by atoms with van der Waals surface area (Å²) >= 11 is 0. The van der Waals surface area contributed by atoms with E-state index in [9.17, 15) is 13.2 Å². The molecule has 0 fully saturated rings. The molecule has 0 amide bonds. The van der Waals surface area contributed by atoms with Gasteiger partial charge >= 0.3 is 6.18 Å². The normalized spacial score (nSPS) is 11.2. The lowest BCUT2D eigenvalue weighted by Gasteiger charge is -2.09. The fraction of sp³-hybridized carbons (Fsp3) is 0.0909. The Bertz CT molecular complexity index is 574. The Labute approximate surface area is 106 Å². The van der Waals surface area contributed by atoms with Gasteiger partial charge < -0.3 is 10.2 Å². The van der Waals surface area contributed by atoms with Crippen molar-refractivity contribution in [3.8, 4) is 11.6 Å². The van der Waals surface area contributed by atoms with Gasteiger partial charge in [0.05, 0.1) is 18.0 Å². The number of alkyl halides is 3. The Morgan fingerprint density at radius 1 is 1.21 bits per heavy atom. The standard InChI is InChI=1S/C11H9F3N4O/c12-11(13,14)7-2-1-3-8(4-7)19-10-6-16-5-9(17-10)18-15/h1-6H,15H2,(H,17,18). The summed E-state index contributed by atoms with van der Waals surface area (Å²) in [7, 11) is 0. The van der Waals surface area contributed by atoms with E-state index in [2.05, 4.69) is 15.4 Å². The van der Waals surface area contributed by atoms with Gasteiger partial charge in [-0.15, -0.1) is 0 Å². The van der Waals surface area contributed by atoms with E-state index in [1.165, 1.54) is 24.5 Å². The molecule has 1 aromatic heterocycles. The average molecular weight is 270 g/mol. The van der Waals surface area contributed by atoms with Gasteiger partial charge in [0.2, 0.25) is 5.88 Å². The van der Waals surface area contributed by atoms with Crippen LogP contribution in [-0.4, -0.2) is 9.97 Å². The van der Waals surface area contributed by atoms with Crippen LogP contribution in [0.3, 0.4) is 0 Å². The van der Waals surface area contributed by atoms with Crippen molar-refractivity contribution in [1.82, 2.24) is 9.97 Å². The first-order valence-corrected chi connectivity index (χ1v) is 5.13. The molecule has 0 spiro atoms. The molecule has 0 saturated heterocycles. The van der Waals surface area contributed by atoms with Crippen LogP contribution in [-0.2, 0) is 6.18 Å². The summed E-state index contributed by atoms with van der Waals surface area (Å²) in [5, 5.41) is 0. The molecule has 0 bridgehead atoms. The van der Waals surface area contributed by atoms with Crippen molar-refractivity contribution >= 4 is 5.82 Å². The van der Waals surface area contributed by atoms with Crippen LogP contribution in [0.25, 0.3) is 0 Å². The molecule has 1 heterocycles. The molecule has 19 heavy (non-hydrogen) atoms. The van der Waals surface area contributed by atoms with Gasteiger partial charge in [0.25, 0.3) is 0 Å². The molecule has 0 saturated carbocycles. The van der Waals surface area contributed by atoms with E-state index in [1.54, 1.807) is 0 Å². The Kier molecular flexibility index (Phi) is 3.52. The van der Waals surface area contributed by atoms with Crippen LogP contribution in [0, 0.1) is 0 Å². The minimum atomic E-state index is -4.42. The lowest BCUT2D eigenvalue weighted by Crippen LogP contribution is -2.09. The fourth-order valence-corrected chi connectivity index (χ4v) is 1.32. The molecule has 0 aliphatic rings. The maximum atomic E-state index is 12.5. The minimum absolute atomic E-state index is 0.0123. The van der Waals surface area contributed by atoms with Crippen LogP contribution < -0.4 is 16.0 Å². The molecule has 2 rings (SSSR count). The lowest BCUT2D eigenvalue weighted by atomic mass is 10.2. The molecule has 0 aliphatic heterocycles. The maximum Gasteiger partial charge on any atom is 0.416 e. The molecule has 3 N–H and O–H groups in total. The monoisotopic (exact) mass is 270 g/mol. The second-order valence-electron chi connectivity index (χ2n) is 3.51. The molecule has 2 aromatic rings. The summed E-state index contributed by atoms with van der Waals surface area (Å²) < 4.78 is 42.7. The van der Waals surface area contributed by atoms with Gasteiger partial charge in [0, 0.05) is 0 Å². The third kappa shape index (κ3) is 3.32. The Balaban J connectivity index is 2.23. The first-order chi connectivity index (χ1) is 8.99. The summed E-state index contributed by atoms with van der Waals surface area (Å²) in [6, 6.07) is 4.47. The maximum absolute atomic E-state index is 12.5. The number of benzene rings is 1. The van der Waals surface area contributed by atoms with E-state index in [0.29, 0.717) is 0 Å². The highest BCUT2D eigenvalue weighted by Crippen LogP contribution is 2.32. The SMILES string of the molecule is NNc1cncc(Oc2cccc(C(F)(F)F)c2)n1. The molecule has 100 valence electrons. The summed E-state index contributed by atoms with van der Waals surface area (Å²) in [5.74, 6) is 5.43. The van der Waals surface area contributed by atoms with Crippen LogP contribution >= 0.6 is 0 Å². The molecule has 0 atom stereocenters. The number of halogens is 3. The van der Waals surface area contributed by atoms with E-state index < -0.39 is 11.7 Å². The molecule has 1 aromatic carbocycles. The highest BCUT2D eigenvalue weighted by Gasteiger charge is 2.30. The minimum Gasteiger partial charge on any atom is -0.437 e. The quantitative estimate of drug-likeness (QED) is 0.662. The first-order valence-electron chi connectivity index (χ1n) is 5.13. The van der Waals surface area contributed by atoms with Crippen molar-refractivity contribution in [3.05, 3.63) is 42.2 Å². The summed E-state index contributed by atoms with van der Waals surface area (Å²) in [5.41, 5.74) is 1.46. The second-order valence-corrected chi connectivity index (χ2v) is 3.51. The number of hydrazine groups is 1. The number of nitrogens with zero attached hydrogens (tertiary/aromatic N) is 2. The number of nitrogen functional groups attached to an aromatic ring is 1. The topological polar surface area (TPSA) is 73.1 Å². The van der Waals surface area contributed by atoms with E-state index in [-0.39, 0.29) is 17.4 Å². The van der Waals surface area contributed by atoms with E-state index in [1.807, 2.05) is 0 Å². The van der Waals surface area contributed by atoms with Gasteiger partial charge in [0.15, 0.2) is 5.82 Å². The number of anilines is 1. The molecular weight excluding hydrogens is 261 g/mol. The van der Waals surface area contributed by atoms with Crippen molar-refractivity contribution in [3.63, 3.8) is 0 Å². The second kappa shape index (κ2) is 5.11. The third-order valence-corrected chi connectivity index (χ3v) is 2.14. The van der Waals surface area contributed by atoms with Crippen LogP contribution in [0.1, 0.15) is 5.56 Å². The van der Waals surface area contributed by atoms with Gasteiger partial charge in [-0.3, -0.25) is 4.98 Å². The largest absolute Gasteiger partial charge is 0.437 e. The van der Waals surface area contributed by atoms with Crippen LogP contribution in [0.2, 0.25) is 0 Å². The molecule has 0 aliphatic carbocycles. The zero-order valence-electron chi connectivity index (χ0n) is 9.48. The van der Waals surface area contributed by atoms with Gasteiger partial charge in [-0.2, -0.15) is 18.2 Å². The van der Waals surface area contributed by atoms with E-state index in [0.717, 1.165) is 12.1 Å². The van der Waals surface area contributed by atoms with Gasteiger partial charge in [-0.25, -0.2) is 5.84 Å². The van der Waals surface area contributed by atoms with E-state index >= 15 is 0 Å². The predicted octanol–water partition coefficient (Wildman–Crippen LogP) is 2.57. The smallest absolute Gasteiger partial charge is 0.416 e. The number of nitrogens with two attached hydrogens (primary N) is 1. The van der Waals surface area contributed by atoms with Crippen molar-refractivity contribution in [1.29, 1.82) is 0 Å². The lowest BCUT2D eigenvalue weighted by molar-refractivity contribution is -0.137. The van der Waals surface area contributed by atoms with Crippen molar-refractivity contribution < 1.29 is 17.9 Å². The molecule has 8 heteroatoms. The molecule has 0 unspecified atom stereocenters. The number of rotatable bonds is 3. The highest BCUT2D eigenvalue weighted by molar-refractivity contribution is 5.35. The van der Waals surface area contributed by atoms with Crippen molar-refractivity contribution in [2.45, 2.75) is 6.18 Å². The zero-order chi connectivity index (χ0) is 13.9. The molecule has 0 radical (unpaired) electrons. The van der Waals surface area contributed by atoms with Crippen molar-refractivity contribution in [2.24, 2.45) is 5.84 Å². The number of hydrogen-bond acceptors (Lipinski definition) is 5. The number of ether oxygens (including phenoxy) is 1. The van der Waals surface area contributed by atoms with Crippen molar-refractivity contribution in [2.75, 3.05) is 5.43 Å². The Hall–Kier alpha value is -2.35. The predicted molar refractivity (Wildman–Crippen MR) is 61.4 cm³/mol. The number of aromatic nitrogens is 2. The van der Waals surface area contributed by atoms with Crippen LogP contribution in [0.5, 0.6) is 11.6 Å². The third-order valence-electron chi connectivity index (χ3n) is 2.14.